The summed E-state index contributed by atoms with van der Waals surface area (Å²) in [6, 6.07) is 18.3. The molecule has 2 aromatic rings. The van der Waals surface area contributed by atoms with Crippen LogP contribution in [0.4, 0.5) is 0 Å². The van der Waals surface area contributed by atoms with Gasteiger partial charge in [-0.1, -0.05) is 42.5 Å². The highest BCUT2D eigenvalue weighted by atomic mass is 16.5. The number of benzene rings is 2. The fraction of sp³-hybridized carbons (Fsp3) is 0.455. The van der Waals surface area contributed by atoms with Crippen LogP contribution in [0.2, 0.25) is 0 Å². The number of aromatic hydroxyl groups is 1. The van der Waals surface area contributed by atoms with E-state index in [4.69, 9.17) is 4.74 Å². The quantitative estimate of drug-likeness (QED) is 0.767. The van der Waals surface area contributed by atoms with Gasteiger partial charge in [0.2, 0.25) is 0 Å². The molecule has 1 fully saturated rings. The summed E-state index contributed by atoms with van der Waals surface area (Å²) in [5.41, 5.74) is 2.72. The monoisotopic (exact) mass is 339 g/mol. The van der Waals surface area contributed by atoms with E-state index < -0.39 is 0 Å². The Kier molecular flexibility index (Phi) is 5.45. The SMILES string of the molecule is CC1(C)C[C@](CCNCc2ccc(O)cc2)(c2ccccc2)CCO1. The minimum Gasteiger partial charge on any atom is -0.508 e. The van der Waals surface area contributed by atoms with E-state index in [2.05, 4.69) is 49.5 Å². The Bertz CT molecular complexity index is 666. The second kappa shape index (κ2) is 7.59. The van der Waals surface area contributed by atoms with Crippen LogP contribution in [0.15, 0.2) is 54.6 Å². The van der Waals surface area contributed by atoms with Gasteiger partial charge in [0.15, 0.2) is 0 Å². The fourth-order valence-electron chi connectivity index (χ4n) is 4.05. The van der Waals surface area contributed by atoms with E-state index >= 15 is 0 Å². The Morgan fingerprint density at radius 3 is 2.44 bits per heavy atom. The number of phenolic OH excluding ortho intramolecular Hbond substituents is 1. The highest BCUT2D eigenvalue weighted by Gasteiger charge is 2.41. The number of hydrogen-bond donors (Lipinski definition) is 2. The summed E-state index contributed by atoms with van der Waals surface area (Å²) < 4.78 is 5.98. The number of phenols is 1. The average molecular weight is 339 g/mol. The van der Waals surface area contributed by atoms with E-state index in [1.807, 2.05) is 12.1 Å². The van der Waals surface area contributed by atoms with Crippen molar-refractivity contribution in [3.05, 3.63) is 65.7 Å². The first-order valence-corrected chi connectivity index (χ1v) is 9.17. The Balaban J connectivity index is 1.65. The lowest BCUT2D eigenvalue weighted by molar-refractivity contribution is -0.0840. The fourth-order valence-corrected chi connectivity index (χ4v) is 4.05. The van der Waals surface area contributed by atoms with Crippen molar-refractivity contribution in [1.82, 2.24) is 5.32 Å². The summed E-state index contributed by atoms with van der Waals surface area (Å²) in [4.78, 5) is 0. The molecule has 2 aromatic carbocycles. The molecule has 25 heavy (non-hydrogen) atoms. The van der Waals surface area contributed by atoms with Gasteiger partial charge < -0.3 is 15.2 Å². The second-order valence-corrected chi connectivity index (χ2v) is 7.77. The molecule has 2 N–H and O–H groups in total. The molecule has 1 aliphatic rings. The van der Waals surface area contributed by atoms with Gasteiger partial charge in [-0.05, 0) is 62.9 Å². The molecule has 3 rings (SSSR count). The van der Waals surface area contributed by atoms with Crippen molar-refractivity contribution in [1.29, 1.82) is 0 Å². The maximum Gasteiger partial charge on any atom is 0.115 e. The van der Waals surface area contributed by atoms with Crippen molar-refractivity contribution < 1.29 is 9.84 Å². The molecular formula is C22H29NO2. The third-order valence-electron chi connectivity index (χ3n) is 5.27. The van der Waals surface area contributed by atoms with Crippen molar-refractivity contribution in [2.24, 2.45) is 0 Å². The molecule has 0 radical (unpaired) electrons. The lowest BCUT2D eigenvalue weighted by Gasteiger charge is -2.45. The van der Waals surface area contributed by atoms with E-state index in [-0.39, 0.29) is 11.0 Å². The third-order valence-corrected chi connectivity index (χ3v) is 5.27. The van der Waals surface area contributed by atoms with Crippen LogP contribution in [-0.2, 0) is 16.7 Å². The Morgan fingerprint density at radius 2 is 1.76 bits per heavy atom. The Morgan fingerprint density at radius 1 is 1.04 bits per heavy atom. The van der Waals surface area contributed by atoms with Crippen LogP contribution < -0.4 is 5.32 Å². The summed E-state index contributed by atoms with van der Waals surface area (Å²) in [5, 5.41) is 12.9. The number of ether oxygens (including phenoxy) is 1. The van der Waals surface area contributed by atoms with Crippen LogP contribution >= 0.6 is 0 Å². The molecule has 1 heterocycles. The Labute approximate surface area is 151 Å². The number of rotatable bonds is 6. The maximum atomic E-state index is 9.38. The highest BCUT2D eigenvalue weighted by molar-refractivity contribution is 5.27. The van der Waals surface area contributed by atoms with Gasteiger partial charge in [0.25, 0.3) is 0 Å². The second-order valence-electron chi connectivity index (χ2n) is 7.77. The average Bonchev–Trinajstić information content (AvgIpc) is 2.60. The largest absolute Gasteiger partial charge is 0.508 e. The maximum absolute atomic E-state index is 9.38. The van der Waals surface area contributed by atoms with Crippen molar-refractivity contribution in [2.45, 2.75) is 50.7 Å². The summed E-state index contributed by atoms with van der Waals surface area (Å²) in [6.45, 7) is 7.01. The lowest BCUT2D eigenvalue weighted by Crippen LogP contribution is -2.45. The van der Waals surface area contributed by atoms with Gasteiger partial charge in [0, 0.05) is 18.6 Å². The molecule has 1 saturated heterocycles. The topological polar surface area (TPSA) is 41.5 Å². The molecule has 0 amide bonds. The van der Waals surface area contributed by atoms with Crippen LogP contribution in [0.3, 0.4) is 0 Å². The molecule has 0 bridgehead atoms. The van der Waals surface area contributed by atoms with Crippen LogP contribution in [0.1, 0.15) is 44.2 Å². The van der Waals surface area contributed by atoms with Crippen LogP contribution in [0.25, 0.3) is 0 Å². The predicted octanol–water partition coefficient (Wildman–Crippen LogP) is 4.40. The standard InChI is InChI=1S/C22H29NO2/c1-21(2)17-22(13-15-25-21,19-6-4-3-5-7-19)12-14-23-16-18-8-10-20(24)11-9-18/h3-11,23-24H,12-17H2,1-2H3/t22-/m1/s1. The predicted molar refractivity (Wildman–Crippen MR) is 102 cm³/mol. The minimum absolute atomic E-state index is 0.0783. The van der Waals surface area contributed by atoms with Gasteiger partial charge in [0.05, 0.1) is 5.60 Å². The van der Waals surface area contributed by atoms with Crippen molar-refractivity contribution in [2.75, 3.05) is 13.2 Å². The first kappa shape index (κ1) is 18.0. The number of hydrogen-bond acceptors (Lipinski definition) is 3. The first-order valence-electron chi connectivity index (χ1n) is 9.17. The van der Waals surface area contributed by atoms with Crippen molar-refractivity contribution >= 4 is 0 Å². The zero-order valence-corrected chi connectivity index (χ0v) is 15.3. The van der Waals surface area contributed by atoms with E-state index in [0.717, 1.165) is 39.0 Å². The smallest absolute Gasteiger partial charge is 0.115 e. The van der Waals surface area contributed by atoms with Gasteiger partial charge in [-0.3, -0.25) is 0 Å². The zero-order valence-electron chi connectivity index (χ0n) is 15.3. The molecule has 0 saturated carbocycles. The molecule has 0 aromatic heterocycles. The van der Waals surface area contributed by atoms with E-state index in [1.54, 1.807) is 12.1 Å². The van der Waals surface area contributed by atoms with E-state index in [9.17, 15) is 5.11 Å². The molecule has 3 heteroatoms. The molecule has 1 aliphatic heterocycles. The number of nitrogens with one attached hydrogen (secondary N) is 1. The first-order chi connectivity index (χ1) is 12.0. The Hall–Kier alpha value is -1.84. The molecule has 0 spiro atoms. The van der Waals surface area contributed by atoms with Crippen molar-refractivity contribution in [3.8, 4) is 5.75 Å². The zero-order chi connectivity index (χ0) is 17.8. The molecule has 1 atom stereocenters. The molecule has 134 valence electrons. The molecule has 0 unspecified atom stereocenters. The van der Waals surface area contributed by atoms with Crippen LogP contribution in [0.5, 0.6) is 5.75 Å². The summed E-state index contributed by atoms with van der Waals surface area (Å²) in [6.07, 6.45) is 3.22. The highest BCUT2D eigenvalue weighted by Crippen LogP contribution is 2.43. The normalized spacial score (nSPS) is 22.6. The summed E-state index contributed by atoms with van der Waals surface area (Å²) in [7, 11) is 0. The van der Waals surface area contributed by atoms with Crippen molar-refractivity contribution in [3.63, 3.8) is 0 Å². The van der Waals surface area contributed by atoms with Crippen LogP contribution in [-0.4, -0.2) is 23.9 Å². The molecule has 0 aliphatic carbocycles. The lowest BCUT2D eigenvalue weighted by atomic mass is 9.67. The molecular weight excluding hydrogens is 310 g/mol. The molecule has 3 nitrogen and oxygen atoms in total. The summed E-state index contributed by atoms with van der Waals surface area (Å²) >= 11 is 0. The van der Waals surface area contributed by atoms with Gasteiger partial charge >= 0.3 is 0 Å². The van der Waals surface area contributed by atoms with Gasteiger partial charge in [-0.15, -0.1) is 0 Å². The van der Waals surface area contributed by atoms with Gasteiger partial charge in [-0.2, -0.15) is 0 Å². The van der Waals surface area contributed by atoms with Gasteiger partial charge in [0.1, 0.15) is 5.75 Å². The van der Waals surface area contributed by atoms with Crippen LogP contribution in [0, 0.1) is 0 Å². The summed E-state index contributed by atoms with van der Waals surface area (Å²) in [5.74, 6) is 0.316. The van der Waals surface area contributed by atoms with E-state index in [0.29, 0.717) is 5.75 Å². The van der Waals surface area contributed by atoms with Gasteiger partial charge in [-0.25, -0.2) is 0 Å². The van der Waals surface area contributed by atoms with E-state index in [1.165, 1.54) is 11.1 Å². The third kappa shape index (κ3) is 4.62. The minimum atomic E-state index is -0.0783.